The van der Waals surface area contributed by atoms with Crippen LogP contribution in [0.2, 0.25) is 0 Å². The van der Waals surface area contributed by atoms with Crippen molar-refractivity contribution >= 4 is 0 Å². The minimum atomic E-state index is -0.322. The zero-order valence-corrected chi connectivity index (χ0v) is 11.2. The van der Waals surface area contributed by atoms with Gasteiger partial charge in [0.2, 0.25) is 5.82 Å². The average molecular weight is 277 g/mol. The number of ether oxygens (including phenoxy) is 1. The molecule has 0 amide bonds. The molecule has 1 aromatic carbocycles. The van der Waals surface area contributed by atoms with Crippen LogP contribution in [0.5, 0.6) is 0 Å². The van der Waals surface area contributed by atoms with E-state index < -0.39 is 0 Å². The van der Waals surface area contributed by atoms with Crippen LogP contribution in [0, 0.1) is 12.7 Å². The molecule has 2 aromatic rings. The van der Waals surface area contributed by atoms with Crippen molar-refractivity contribution in [1.82, 2.24) is 10.1 Å². The smallest absolute Gasteiger partial charge is 0.256 e. The van der Waals surface area contributed by atoms with Crippen LogP contribution < -0.4 is 5.73 Å². The van der Waals surface area contributed by atoms with Gasteiger partial charge in [-0.05, 0) is 37.5 Å². The first-order valence-corrected chi connectivity index (χ1v) is 6.63. The molecule has 0 radical (unpaired) electrons. The van der Waals surface area contributed by atoms with Gasteiger partial charge in [0.25, 0.3) is 5.89 Å². The van der Waals surface area contributed by atoms with E-state index in [4.69, 9.17) is 15.0 Å². The van der Waals surface area contributed by atoms with E-state index in [-0.39, 0.29) is 18.0 Å². The molecule has 0 spiro atoms. The Hall–Kier alpha value is -1.79. The molecule has 1 fully saturated rings. The van der Waals surface area contributed by atoms with Gasteiger partial charge in [0.05, 0.1) is 6.10 Å². The van der Waals surface area contributed by atoms with Gasteiger partial charge >= 0.3 is 0 Å². The molecule has 3 rings (SSSR count). The van der Waals surface area contributed by atoms with Crippen molar-refractivity contribution in [3.05, 3.63) is 35.5 Å². The van der Waals surface area contributed by atoms with E-state index in [0.29, 0.717) is 23.8 Å². The minimum Gasteiger partial charge on any atom is -0.364 e. The van der Waals surface area contributed by atoms with Crippen molar-refractivity contribution in [2.75, 3.05) is 6.54 Å². The molecule has 0 bridgehead atoms. The Morgan fingerprint density at radius 1 is 1.40 bits per heavy atom. The van der Waals surface area contributed by atoms with Gasteiger partial charge in [-0.25, -0.2) is 4.39 Å². The molecule has 1 aliphatic heterocycles. The Balaban J connectivity index is 1.85. The highest BCUT2D eigenvalue weighted by atomic mass is 19.1. The fourth-order valence-electron chi connectivity index (χ4n) is 2.37. The summed E-state index contributed by atoms with van der Waals surface area (Å²) in [5.74, 6) is 0.494. The van der Waals surface area contributed by atoms with Crippen molar-refractivity contribution in [2.45, 2.75) is 32.0 Å². The van der Waals surface area contributed by atoms with Gasteiger partial charge in [-0.1, -0.05) is 11.2 Å². The Morgan fingerprint density at radius 3 is 3.00 bits per heavy atom. The van der Waals surface area contributed by atoms with Crippen LogP contribution in [0.25, 0.3) is 11.4 Å². The molecule has 0 saturated carbocycles. The number of benzene rings is 1. The van der Waals surface area contributed by atoms with Crippen LogP contribution >= 0.6 is 0 Å². The van der Waals surface area contributed by atoms with Gasteiger partial charge in [-0.3, -0.25) is 0 Å². The van der Waals surface area contributed by atoms with Crippen LogP contribution in [0.3, 0.4) is 0 Å². The van der Waals surface area contributed by atoms with Crippen molar-refractivity contribution in [1.29, 1.82) is 0 Å². The maximum Gasteiger partial charge on any atom is 0.256 e. The summed E-state index contributed by atoms with van der Waals surface area (Å²) in [6.45, 7) is 2.36. The second kappa shape index (κ2) is 5.30. The fourth-order valence-corrected chi connectivity index (χ4v) is 2.37. The topological polar surface area (TPSA) is 74.2 Å². The van der Waals surface area contributed by atoms with Crippen molar-refractivity contribution in [3.8, 4) is 11.4 Å². The molecule has 1 aliphatic rings. The summed E-state index contributed by atoms with van der Waals surface area (Å²) in [5.41, 5.74) is 7.10. The minimum absolute atomic E-state index is 0.0475. The Labute approximate surface area is 115 Å². The molecule has 2 N–H and O–H groups in total. The van der Waals surface area contributed by atoms with Gasteiger partial charge in [0.1, 0.15) is 11.9 Å². The van der Waals surface area contributed by atoms with E-state index in [1.165, 1.54) is 12.1 Å². The van der Waals surface area contributed by atoms with Crippen LogP contribution in [-0.2, 0) is 4.74 Å². The molecule has 6 heteroatoms. The van der Waals surface area contributed by atoms with E-state index in [2.05, 4.69) is 10.1 Å². The molecule has 2 heterocycles. The van der Waals surface area contributed by atoms with Gasteiger partial charge in [-0.2, -0.15) is 4.98 Å². The third-order valence-electron chi connectivity index (χ3n) is 3.53. The van der Waals surface area contributed by atoms with E-state index in [9.17, 15) is 4.39 Å². The number of aryl methyl sites for hydroxylation is 1. The summed E-state index contributed by atoms with van der Waals surface area (Å²) in [6, 6.07) is 4.51. The molecule has 20 heavy (non-hydrogen) atoms. The SMILES string of the molecule is Cc1ccc(F)cc1-c1noc(C2CCC(CN)O2)n1. The predicted molar refractivity (Wildman–Crippen MR) is 70.3 cm³/mol. The predicted octanol–water partition coefficient (Wildman–Crippen LogP) is 2.36. The summed E-state index contributed by atoms with van der Waals surface area (Å²) in [6.07, 6.45) is 1.54. The maximum atomic E-state index is 13.3. The van der Waals surface area contributed by atoms with Crippen molar-refractivity contribution in [2.24, 2.45) is 5.73 Å². The Bertz CT molecular complexity index is 614. The lowest BCUT2D eigenvalue weighted by molar-refractivity contribution is 0.0307. The average Bonchev–Trinajstić information content (AvgIpc) is 3.09. The quantitative estimate of drug-likeness (QED) is 0.932. The number of hydrogen-bond donors (Lipinski definition) is 1. The highest BCUT2D eigenvalue weighted by Gasteiger charge is 2.30. The molecule has 1 saturated heterocycles. The molecular formula is C14H16FN3O2. The van der Waals surface area contributed by atoms with Gasteiger partial charge < -0.3 is 15.0 Å². The summed E-state index contributed by atoms with van der Waals surface area (Å²) in [5, 5.41) is 3.92. The molecule has 106 valence electrons. The third kappa shape index (κ3) is 2.44. The summed E-state index contributed by atoms with van der Waals surface area (Å²) in [7, 11) is 0. The number of rotatable bonds is 3. The Morgan fingerprint density at radius 2 is 2.25 bits per heavy atom. The van der Waals surface area contributed by atoms with Gasteiger partial charge in [0, 0.05) is 12.1 Å². The van der Waals surface area contributed by atoms with Crippen LogP contribution in [0.1, 0.15) is 30.4 Å². The fraction of sp³-hybridized carbons (Fsp3) is 0.429. The van der Waals surface area contributed by atoms with E-state index in [1.54, 1.807) is 6.07 Å². The first-order valence-electron chi connectivity index (χ1n) is 6.63. The van der Waals surface area contributed by atoms with Crippen LogP contribution in [0.4, 0.5) is 4.39 Å². The zero-order valence-electron chi connectivity index (χ0n) is 11.2. The standard InChI is InChI=1S/C14H16FN3O2/c1-8-2-3-9(15)6-11(8)13-17-14(20-18-13)12-5-4-10(7-16)19-12/h2-3,6,10,12H,4-5,7,16H2,1H3. The highest BCUT2D eigenvalue weighted by molar-refractivity contribution is 5.59. The molecule has 5 nitrogen and oxygen atoms in total. The van der Waals surface area contributed by atoms with Gasteiger partial charge in [0.15, 0.2) is 0 Å². The van der Waals surface area contributed by atoms with Crippen molar-refractivity contribution in [3.63, 3.8) is 0 Å². The molecule has 2 atom stereocenters. The molecular weight excluding hydrogens is 261 g/mol. The second-order valence-corrected chi connectivity index (χ2v) is 4.98. The summed E-state index contributed by atoms with van der Waals surface area (Å²) >= 11 is 0. The number of nitrogens with zero attached hydrogens (tertiary/aromatic N) is 2. The monoisotopic (exact) mass is 277 g/mol. The lowest BCUT2D eigenvalue weighted by atomic mass is 10.1. The number of hydrogen-bond acceptors (Lipinski definition) is 5. The van der Waals surface area contributed by atoms with Crippen LogP contribution in [0.15, 0.2) is 22.7 Å². The second-order valence-electron chi connectivity index (χ2n) is 4.98. The van der Waals surface area contributed by atoms with E-state index in [1.807, 2.05) is 6.92 Å². The molecule has 0 aliphatic carbocycles. The largest absolute Gasteiger partial charge is 0.364 e. The summed E-state index contributed by atoms with van der Waals surface area (Å²) < 4.78 is 24.3. The third-order valence-corrected chi connectivity index (χ3v) is 3.53. The van der Waals surface area contributed by atoms with Gasteiger partial charge in [-0.15, -0.1) is 0 Å². The summed E-state index contributed by atoms with van der Waals surface area (Å²) in [4.78, 5) is 4.32. The normalized spacial score (nSPS) is 22.4. The molecule has 2 unspecified atom stereocenters. The highest BCUT2D eigenvalue weighted by Crippen LogP contribution is 2.32. The molecule has 1 aromatic heterocycles. The first-order chi connectivity index (χ1) is 9.67. The zero-order chi connectivity index (χ0) is 14.1. The Kier molecular flexibility index (Phi) is 3.50. The van der Waals surface area contributed by atoms with E-state index >= 15 is 0 Å². The number of aromatic nitrogens is 2. The number of halogens is 1. The lowest BCUT2D eigenvalue weighted by Gasteiger charge is -2.07. The lowest BCUT2D eigenvalue weighted by Crippen LogP contribution is -2.18. The van der Waals surface area contributed by atoms with E-state index in [0.717, 1.165) is 18.4 Å². The number of nitrogens with two attached hydrogens (primary N) is 1. The van der Waals surface area contributed by atoms with Crippen LogP contribution in [-0.4, -0.2) is 22.8 Å². The first kappa shape index (κ1) is 13.2. The maximum absolute atomic E-state index is 13.3. The van der Waals surface area contributed by atoms with Crippen molar-refractivity contribution < 1.29 is 13.7 Å².